The van der Waals surface area contributed by atoms with Crippen LogP contribution >= 0.6 is 0 Å². The van der Waals surface area contributed by atoms with E-state index < -0.39 is 5.97 Å². The van der Waals surface area contributed by atoms with Crippen molar-refractivity contribution in [2.24, 2.45) is 0 Å². The molecule has 0 aliphatic heterocycles. The minimum absolute atomic E-state index is 0.112. The number of carboxylic acid groups (broad SMARTS) is 1. The largest absolute Gasteiger partial charge is 0.481 e. The van der Waals surface area contributed by atoms with Gasteiger partial charge in [0.2, 0.25) is 0 Å². The van der Waals surface area contributed by atoms with E-state index in [0.717, 1.165) is 12.0 Å². The van der Waals surface area contributed by atoms with Gasteiger partial charge in [-0.3, -0.25) is 4.79 Å². The van der Waals surface area contributed by atoms with E-state index in [4.69, 9.17) is 5.11 Å². The lowest BCUT2D eigenvalue weighted by Crippen LogP contribution is -1.98. The summed E-state index contributed by atoms with van der Waals surface area (Å²) < 4.78 is 0. The highest BCUT2D eigenvalue weighted by atomic mass is 16.4. The molecular formula is C18H26O2. The lowest BCUT2D eigenvalue weighted by molar-refractivity contribution is -0.136. The standard InChI is InChI=1S/C10H18.C8H8O2/c1-3-5-7-9-10-8-6-4-2;9-8(10)6-7-4-2-1-3-5-7/h3,8,10H,1,4-7,9H2,2H3;1-5H,6H2,(H,9,10). The minimum atomic E-state index is -0.786. The van der Waals surface area contributed by atoms with Crippen LogP contribution in [0.25, 0.3) is 0 Å². The van der Waals surface area contributed by atoms with E-state index in [-0.39, 0.29) is 6.42 Å². The van der Waals surface area contributed by atoms with E-state index in [1.165, 1.54) is 25.7 Å². The number of aliphatic carboxylic acids is 1. The number of benzene rings is 1. The maximum atomic E-state index is 10.2. The molecule has 2 nitrogen and oxygen atoms in total. The summed E-state index contributed by atoms with van der Waals surface area (Å²) in [5.41, 5.74) is 0.843. The van der Waals surface area contributed by atoms with Gasteiger partial charge in [0.05, 0.1) is 6.42 Å². The molecule has 0 aliphatic carbocycles. The van der Waals surface area contributed by atoms with E-state index in [9.17, 15) is 4.79 Å². The molecule has 0 saturated heterocycles. The van der Waals surface area contributed by atoms with Gasteiger partial charge in [-0.05, 0) is 31.2 Å². The molecule has 0 bridgehead atoms. The van der Waals surface area contributed by atoms with Crippen molar-refractivity contribution < 1.29 is 9.90 Å². The first kappa shape index (κ1) is 18.2. The maximum absolute atomic E-state index is 10.2. The molecule has 110 valence electrons. The van der Waals surface area contributed by atoms with Gasteiger partial charge < -0.3 is 5.11 Å². The van der Waals surface area contributed by atoms with Gasteiger partial charge in [0, 0.05) is 0 Å². The van der Waals surface area contributed by atoms with Gasteiger partial charge in [0.25, 0.3) is 0 Å². The molecule has 0 atom stereocenters. The second kappa shape index (κ2) is 13.6. The molecule has 2 heteroatoms. The molecule has 0 heterocycles. The molecule has 1 rings (SSSR count). The molecule has 0 unspecified atom stereocenters. The van der Waals surface area contributed by atoms with Crippen molar-refractivity contribution >= 4 is 5.97 Å². The SMILES string of the molecule is C=CCCCC=CCCC.O=C(O)Cc1ccccc1. The van der Waals surface area contributed by atoms with E-state index in [1.807, 2.05) is 24.3 Å². The van der Waals surface area contributed by atoms with E-state index in [1.54, 1.807) is 12.1 Å². The van der Waals surface area contributed by atoms with Gasteiger partial charge in [0.15, 0.2) is 0 Å². The summed E-state index contributed by atoms with van der Waals surface area (Å²) in [6, 6.07) is 9.13. The van der Waals surface area contributed by atoms with Crippen LogP contribution in [0.3, 0.4) is 0 Å². The zero-order valence-corrected chi connectivity index (χ0v) is 12.4. The molecule has 0 aromatic heterocycles. The third-order valence-corrected chi connectivity index (χ3v) is 2.60. The first-order valence-corrected chi connectivity index (χ1v) is 7.22. The molecular weight excluding hydrogens is 248 g/mol. The number of hydrogen-bond acceptors (Lipinski definition) is 1. The van der Waals surface area contributed by atoms with Crippen LogP contribution in [0, 0.1) is 0 Å². The Balaban J connectivity index is 0.000000361. The second-order valence-electron chi connectivity index (χ2n) is 4.54. The van der Waals surface area contributed by atoms with Crippen molar-refractivity contribution in [3.05, 3.63) is 60.7 Å². The third kappa shape index (κ3) is 12.6. The number of carboxylic acids is 1. The number of carbonyl (C=O) groups is 1. The molecule has 0 spiro atoms. The van der Waals surface area contributed by atoms with Crippen LogP contribution in [-0.4, -0.2) is 11.1 Å². The number of unbranched alkanes of at least 4 members (excludes halogenated alkanes) is 3. The number of allylic oxidation sites excluding steroid dienone is 3. The Hall–Kier alpha value is -1.83. The molecule has 1 N–H and O–H groups in total. The van der Waals surface area contributed by atoms with Crippen molar-refractivity contribution in [1.82, 2.24) is 0 Å². The summed E-state index contributed by atoms with van der Waals surface area (Å²) in [6.07, 6.45) is 12.7. The molecule has 20 heavy (non-hydrogen) atoms. The van der Waals surface area contributed by atoms with Gasteiger partial charge in [-0.15, -0.1) is 6.58 Å². The van der Waals surface area contributed by atoms with Crippen molar-refractivity contribution in [3.63, 3.8) is 0 Å². The quantitative estimate of drug-likeness (QED) is 0.534. The van der Waals surface area contributed by atoms with Gasteiger partial charge in [-0.1, -0.05) is 61.9 Å². The Bertz CT molecular complexity index is 380. The summed E-state index contributed by atoms with van der Waals surface area (Å²) in [6.45, 7) is 5.87. The summed E-state index contributed by atoms with van der Waals surface area (Å²) in [7, 11) is 0. The van der Waals surface area contributed by atoms with Crippen LogP contribution in [-0.2, 0) is 11.2 Å². The predicted molar refractivity (Wildman–Crippen MR) is 85.9 cm³/mol. The van der Waals surface area contributed by atoms with Crippen molar-refractivity contribution in [2.45, 2.75) is 45.4 Å². The van der Waals surface area contributed by atoms with Gasteiger partial charge in [-0.25, -0.2) is 0 Å². The monoisotopic (exact) mass is 274 g/mol. The van der Waals surface area contributed by atoms with Crippen LogP contribution in [0.4, 0.5) is 0 Å². The van der Waals surface area contributed by atoms with E-state index in [2.05, 4.69) is 25.7 Å². The summed E-state index contributed by atoms with van der Waals surface area (Å²) >= 11 is 0. The van der Waals surface area contributed by atoms with Crippen molar-refractivity contribution in [3.8, 4) is 0 Å². The maximum Gasteiger partial charge on any atom is 0.307 e. The molecule has 1 aromatic carbocycles. The first-order valence-electron chi connectivity index (χ1n) is 7.22. The highest BCUT2D eigenvalue weighted by molar-refractivity contribution is 5.70. The Morgan fingerprint density at radius 2 is 1.80 bits per heavy atom. The zero-order chi connectivity index (χ0) is 15.1. The predicted octanol–water partition coefficient (Wildman–Crippen LogP) is 5.01. The fourth-order valence-electron chi connectivity index (χ4n) is 1.55. The molecule has 1 aromatic rings. The van der Waals surface area contributed by atoms with Gasteiger partial charge in [0.1, 0.15) is 0 Å². The summed E-state index contributed by atoms with van der Waals surface area (Å²) in [5, 5.41) is 8.37. The van der Waals surface area contributed by atoms with Crippen LogP contribution < -0.4 is 0 Å². The Morgan fingerprint density at radius 3 is 2.35 bits per heavy atom. The van der Waals surface area contributed by atoms with Crippen molar-refractivity contribution in [2.75, 3.05) is 0 Å². The van der Waals surface area contributed by atoms with Gasteiger partial charge >= 0.3 is 5.97 Å². The molecule has 0 aliphatic rings. The van der Waals surface area contributed by atoms with Crippen molar-refractivity contribution in [1.29, 1.82) is 0 Å². The highest BCUT2D eigenvalue weighted by Crippen LogP contribution is 1.99. The summed E-state index contributed by atoms with van der Waals surface area (Å²) in [5.74, 6) is -0.786. The smallest absolute Gasteiger partial charge is 0.307 e. The van der Waals surface area contributed by atoms with Gasteiger partial charge in [-0.2, -0.15) is 0 Å². The van der Waals surface area contributed by atoms with Crippen LogP contribution in [0.15, 0.2) is 55.1 Å². The summed E-state index contributed by atoms with van der Waals surface area (Å²) in [4.78, 5) is 10.2. The Labute approximate surface area is 122 Å². The molecule has 0 amide bonds. The van der Waals surface area contributed by atoms with E-state index >= 15 is 0 Å². The lowest BCUT2D eigenvalue weighted by Gasteiger charge is -1.92. The normalized spacial score (nSPS) is 9.85. The average molecular weight is 274 g/mol. The fourth-order valence-corrected chi connectivity index (χ4v) is 1.55. The molecule has 0 radical (unpaired) electrons. The Kier molecular flexibility index (Phi) is 12.4. The van der Waals surface area contributed by atoms with Crippen LogP contribution in [0.1, 0.15) is 44.6 Å². The lowest BCUT2D eigenvalue weighted by atomic mass is 10.2. The zero-order valence-electron chi connectivity index (χ0n) is 12.4. The number of hydrogen-bond donors (Lipinski definition) is 1. The van der Waals surface area contributed by atoms with Crippen LogP contribution in [0.5, 0.6) is 0 Å². The first-order chi connectivity index (χ1) is 9.70. The average Bonchev–Trinajstić information content (AvgIpc) is 2.44. The topological polar surface area (TPSA) is 37.3 Å². The minimum Gasteiger partial charge on any atom is -0.481 e. The second-order valence-corrected chi connectivity index (χ2v) is 4.54. The van der Waals surface area contributed by atoms with Crippen LogP contribution in [0.2, 0.25) is 0 Å². The Morgan fingerprint density at radius 1 is 1.15 bits per heavy atom. The highest BCUT2D eigenvalue weighted by Gasteiger charge is 1.96. The number of rotatable bonds is 8. The molecule has 0 saturated carbocycles. The molecule has 0 fully saturated rings. The third-order valence-electron chi connectivity index (χ3n) is 2.60. The fraction of sp³-hybridized carbons (Fsp3) is 0.389. The van der Waals surface area contributed by atoms with E-state index in [0.29, 0.717) is 0 Å².